The summed E-state index contributed by atoms with van der Waals surface area (Å²) in [4.78, 5) is 26.4. The van der Waals surface area contributed by atoms with Gasteiger partial charge in [0.1, 0.15) is 17.4 Å². The molecule has 1 aliphatic carbocycles. The number of thioether (sulfide) groups is 1. The van der Waals surface area contributed by atoms with Gasteiger partial charge >= 0.3 is 11.9 Å². The maximum absolute atomic E-state index is 13.2. The molecule has 2 aromatic rings. The van der Waals surface area contributed by atoms with Gasteiger partial charge in [0.15, 0.2) is 17.6 Å². The highest BCUT2D eigenvalue weighted by Crippen LogP contribution is 2.50. The van der Waals surface area contributed by atoms with Gasteiger partial charge in [-0.1, -0.05) is 70.5 Å². The minimum absolute atomic E-state index is 0.122. The van der Waals surface area contributed by atoms with Gasteiger partial charge in [-0.25, -0.2) is 0 Å². The number of esters is 2. The molecule has 1 heterocycles. The average Bonchev–Trinajstić information content (AvgIpc) is 3.16. The van der Waals surface area contributed by atoms with Gasteiger partial charge in [0.2, 0.25) is 8.32 Å². The topological polar surface area (TPSA) is 71.1 Å². The van der Waals surface area contributed by atoms with Crippen molar-refractivity contribution in [1.82, 2.24) is 0 Å². The van der Waals surface area contributed by atoms with Crippen molar-refractivity contribution in [2.24, 2.45) is 11.8 Å². The second-order valence-corrected chi connectivity index (χ2v) is 17.3. The fourth-order valence-corrected chi connectivity index (χ4v) is 6.91. The predicted molar refractivity (Wildman–Crippen MR) is 152 cm³/mol. The summed E-state index contributed by atoms with van der Waals surface area (Å²) in [5, 5.41) is -0.566. The molecule has 0 saturated carbocycles. The lowest BCUT2D eigenvalue weighted by Crippen LogP contribution is -2.51. The summed E-state index contributed by atoms with van der Waals surface area (Å²) < 4.78 is 25.3. The second kappa shape index (κ2) is 11.6. The average molecular weight is 555 g/mol. The first kappa shape index (κ1) is 28.3. The number of unbranched alkanes of at least 4 members (excludes halogenated alkanes) is 1. The Hall–Kier alpha value is -2.71. The fraction of sp³-hybridized carbons (Fsp3) is 0.467. The monoisotopic (exact) mass is 554 g/mol. The Labute approximate surface area is 231 Å². The Morgan fingerprint density at radius 1 is 0.868 bits per heavy atom. The highest BCUT2D eigenvalue weighted by atomic mass is 32.2. The van der Waals surface area contributed by atoms with Crippen molar-refractivity contribution in [2.75, 3.05) is 5.75 Å². The summed E-state index contributed by atoms with van der Waals surface area (Å²) in [6.45, 7) is 12.9. The van der Waals surface area contributed by atoms with Gasteiger partial charge in [0, 0.05) is 0 Å². The molecule has 6 nitrogen and oxygen atoms in total. The van der Waals surface area contributed by atoms with Crippen molar-refractivity contribution < 1.29 is 28.2 Å². The van der Waals surface area contributed by atoms with Crippen molar-refractivity contribution in [3.63, 3.8) is 0 Å². The van der Waals surface area contributed by atoms with E-state index in [1.165, 1.54) is 0 Å². The molecule has 1 saturated heterocycles. The third-order valence-electron chi connectivity index (χ3n) is 7.49. The van der Waals surface area contributed by atoms with E-state index < -0.39 is 43.4 Å². The zero-order valence-corrected chi connectivity index (χ0v) is 24.9. The molecule has 8 heteroatoms. The van der Waals surface area contributed by atoms with Gasteiger partial charge in [-0.2, -0.15) is 0 Å². The van der Waals surface area contributed by atoms with Gasteiger partial charge < -0.3 is 18.6 Å². The van der Waals surface area contributed by atoms with Crippen molar-refractivity contribution >= 4 is 32.0 Å². The molecule has 0 spiro atoms. The van der Waals surface area contributed by atoms with Crippen molar-refractivity contribution in [1.29, 1.82) is 0 Å². The largest absolute Gasteiger partial charge is 0.541 e. The Morgan fingerprint density at radius 2 is 1.45 bits per heavy atom. The van der Waals surface area contributed by atoms with Crippen LogP contribution >= 0.6 is 11.8 Å². The van der Waals surface area contributed by atoms with Crippen LogP contribution < -0.4 is 9.47 Å². The Kier molecular flexibility index (Phi) is 8.62. The van der Waals surface area contributed by atoms with Crippen LogP contribution in [0.2, 0.25) is 18.1 Å². The van der Waals surface area contributed by atoms with E-state index in [2.05, 4.69) is 40.8 Å². The Morgan fingerprint density at radius 3 is 2.03 bits per heavy atom. The molecule has 204 valence electrons. The molecule has 0 unspecified atom stereocenters. The molecular formula is C30H38O6SSi. The normalized spacial score (nSPS) is 23.6. The zero-order valence-electron chi connectivity index (χ0n) is 23.1. The minimum Gasteiger partial charge on any atom is -0.541 e. The number of benzene rings is 2. The van der Waals surface area contributed by atoms with Crippen LogP contribution in [0, 0.1) is 11.8 Å². The van der Waals surface area contributed by atoms with Crippen LogP contribution in [0.1, 0.15) is 40.5 Å². The van der Waals surface area contributed by atoms with E-state index >= 15 is 0 Å². The summed E-state index contributed by atoms with van der Waals surface area (Å²) in [7, 11) is -2.43. The van der Waals surface area contributed by atoms with Crippen LogP contribution in [0.25, 0.3) is 0 Å². The molecule has 1 fully saturated rings. The lowest BCUT2D eigenvalue weighted by atomic mass is 9.80. The molecule has 0 N–H and O–H groups in total. The molecule has 2 aromatic carbocycles. The van der Waals surface area contributed by atoms with Crippen LogP contribution in [-0.4, -0.2) is 37.4 Å². The molecule has 0 amide bonds. The first-order valence-electron chi connectivity index (χ1n) is 13.3. The molecular weight excluding hydrogens is 516 g/mol. The van der Waals surface area contributed by atoms with Gasteiger partial charge in [-0.05, 0) is 54.6 Å². The van der Waals surface area contributed by atoms with E-state index in [1.807, 2.05) is 60.7 Å². The Balaban J connectivity index is 1.92. The van der Waals surface area contributed by atoms with E-state index in [1.54, 1.807) is 11.8 Å². The molecule has 4 atom stereocenters. The molecule has 4 rings (SSSR count). The molecule has 0 bridgehead atoms. The van der Waals surface area contributed by atoms with Crippen LogP contribution in [0.3, 0.4) is 0 Å². The maximum atomic E-state index is 13.2. The summed E-state index contributed by atoms with van der Waals surface area (Å²) in [6, 6.07) is 18.8. The number of hydrogen-bond acceptors (Lipinski definition) is 7. The minimum atomic E-state index is -2.43. The Bertz CT molecular complexity index is 1160. The molecule has 0 aromatic heterocycles. The van der Waals surface area contributed by atoms with E-state index in [4.69, 9.17) is 18.6 Å². The number of para-hydroxylation sites is 2. The van der Waals surface area contributed by atoms with Crippen LogP contribution in [0.5, 0.6) is 11.5 Å². The number of carbonyl (C=O) groups is 2. The number of cyclic esters (lactones) is 2. The fourth-order valence-electron chi connectivity index (χ4n) is 4.33. The van der Waals surface area contributed by atoms with Crippen LogP contribution in [0.4, 0.5) is 0 Å². The third kappa shape index (κ3) is 5.96. The summed E-state index contributed by atoms with van der Waals surface area (Å²) in [6.07, 6.45) is 1.13. The maximum Gasteiger partial charge on any atom is 0.321 e. The zero-order chi connectivity index (χ0) is 27.5. The van der Waals surface area contributed by atoms with E-state index in [0.717, 1.165) is 18.6 Å². The number of hydrogen-bond donors (Lipinski definition) is 0. The highest BCUT2D eigenvalue weighted by molar-refractivity contribution is 8.00. The SMILES string of the molecule is CCCCS[C@H]1C(Oc2ccccc2)=C(O[Si](C)(C)C(C)(C)C)[C@@H](Oc2ccccc2)[C@H]2C(=O)OC(=O)[C@H]21. The van der Waals surface area contributed by atoms with Crippen LogP contribution in [0.15, 0.2) is 72.2 Å². The van der Waals surface area contributed by atoms with Gasteiger partial charge in [0.25, 0.3) is 0 Å². The predicted octanol–water partition coefficient (Wildman–Crippen LogP) is 6.98. The third-order valence-corrected chi connectivity index (χ3v) is 13.2. The number of carbonyl (C=O) groups excluding carboxylic acids is 2. The molecule has 0 radical (unpaired) electrons. The molecule has 2 aliphatic rings. The van der Waals surface area contributed by atoms with Crippen molar-refractivity contribution in [3.05, 3.63) is 72.2 Å². The smallest absolute Gasteiger partial charge is 0.321 e. The summed E-state index contributed by atoms with van der Waals surface area (Å²) >= 11 is 1.62. The van der Waals surface area contributed by atoms with E-state index in [-0.39, 0.29) is 5.04 Å². The standard InChI is InChI=1S/C30H38O6SSi/c1-7-8-19-37-27-23-22(28(31)35-29(23)32)24(33-20-15-11-9-12-16-20)25(36-38(5,6)30(2,3)4)26(27)34-21-17-13-10-14-18-21/h9-18,22-24,27H,7-8,19H2,1-6H3/t22-,23+,24-,27+/m0/s1. The van der Waals surface area contributed by atoms with E-state index in [0.29, 0.717) is 23.0 Å². The first-order chi connectivity index (χ1) is 18.0. The quantitative estimate of drug-likeness (QED) is 0.136. The van der Waals surface area contributed by atoms with Crippen molar-refractivity contribution in [3.8, 4) is 11.5 Å². The first-order valence-corrected chi connectivity index (χ1v) is 17.2. The van der Waals surface area contributed by atoms with Gasteiger partial charge in [0.05, 0.1) is 11.2 Å². The van der Waals surface area contributed by atoms with Gasteiger partial charge in [-0.15, -0.1) is 11.8 Å². The van der Waals surface area contributed by atoms with E-state index in [9.17, 15) is 9.59 Å². The number of fused-ring (bicyclic) bond motifs is 1. The molecule has 1 aliphatic heterocycles. The molecule has 38 heavy (non-hydrogen) atoms. The number of ether oxygens (including phenoxy) is 3. The van der Waals surface area contributed by atoms with Gasteiger partial charge in [-0.3, -0.25) is 9.59 Å². The lowest BCUT2D eigenvalue weighted by molar-refractivity contribution is -0.154. The van der Waals surface area contributed by atoms with Crippen molar-refractivity contribution in [2.45, 2.75) is 70.0 Å². The lowest BCUT2D eigenvalue weighted by Gasteiger charge is -2.43. The highest BCUT2D eigenvalue weighted by Gasteiger charge is 2.61. The summed E-state index contributed by atoms with van der Waals surface area (Å²) in [5.41, 5.74) is 0. The van der Waals surface area contributed by atoms with Crippen LogP contribution in [-0.2, 0) is 18.8 Å². The number of rotatable bonds is 10. The second-order valence-electron chi connectivity index (χ2n) is 11.3. The summed E-state index contributed by atoms with van der Waals surface area (Å²) in [5.74, 6) is 0.389.